The molecule has 41 heavy (non-hydrogen) atoms. The molecule has 0 spiro atoms. The van der Waals surface area contributed by atoms with E-state index >= 15 is 0 Å². The molecule has 5 nitrogen and oxygen atoms in total. The van der Waals surface area contributed by atoms with Gasteiger partial charge in [-0.05, 0) is 65.2 Å². The minimum atomic E-state index is 0.816. The van der Waals surface area contributed by atoms with Crippen LogP contribution < -0.4 is 0 Å². The SMILES string of the molecule is c1ccc(-n2nc3cc(-c4cccc5oc6ccccc6c45)cc(-c4cccc5oc6ccccc6c45)c3n2)cc1. The van der Waals surface area contributed by atoms with E-state index in [0.717, 1.165) is 82.9 Å². The molecule has 192 valence electrons. The summed E-state index contributed by atoms with van der Waals surface area (Å²) in [4.78, 5) is 1.72. The molecule has 0 saturated heterocycles. The molecule has 3 aromatic heterocycles. The van der Waals surface area contributed by atoms with Crippen LogP contribution in [-0.2, 0) is 0 Å². The first-order valence-corrected chi connectivity index (χ1v) is 13.6. The lowest BCUT2D eigenvalue weighted by molar-refractivity contribution is 0.668. The average Bonchev–Trinajstić information content (AvgIpc) is 3.74. The van der Waals surface area contributed by atoms with E-state index < -0.39 is 0 Å². The van der Waals surface area contributed by atoms with Crippen LogP contribution in [0.5, 0.6) is 0 Å². The Kier molecular flexibility index (Phi) is 4.55. The number of nitrogens with zero attached hydrogens (tertiary/aromatic N) is 3. The Morgan fingerprint density at radius 2 is 1.05 bits per heavy atom. The fourth-order valence-electron chi connectivity index (χ4n) is 6.07. The summed E-state index contributed by atoms with van der Waals surface area (Å²) >= 11 is 0. The monoisotopic (exact) mass is 527 g/mol. The molecule has 0 fully saturated rings. The molecule has 0 saturated carbocycles. The third kappa shape index (κ3) is 3.29. The van der Waals surface area contributed by atoms with Gasteiger partial charge in [-0.1, -0.05) is 78.9 Å². The third-order valence-corrected chi connectivity index (χ3v) is 7.88. The van der Waals surface area contributed by atoms with Gasteiger partial charge in [0.05, 0.1) is 5.69 Å². The molecule has 3 heterocycles. The first kappa shape index (κ1) is 22.2. The Bertz CT molecular complexity index is 2430. The minimum absolute atomic E-state index is 0.816. The van der Waals surface area contributed by atoms with Crippen LogP contribution in [0.4, 0.5) is 0 Å². The highest BCUT2D eigenvalue weighted by Crippen LogP contribution is 2.42. The fraction of sp³-hybridized carbons (Fsp3) is 0. The zero-order chi connectivity index (χ0) is 26.9. The van der Waals surface area contributed by atoms with E-state index in [1.165, 1.54) is 0 Å². The van der Waals surface area contributed by atoms with Gasteiger partial charge in [-0.15, -0.1) is 10.2 Å². The maximum Gasteiger partial charge on any atom is 0.136 e. The van der Waals surface area contributed by atoms with Gasteiger partial charge in [0.1, 0.15) is 33.4 Å². The lowest BCUT2D eigenvalue weighted by atomic mass is 9.93. The van der Waals surface area contributed by atoms with E-state index in [2.05, 4.69) is 54.6 Å². The zero-order valence-electron chi connectivity index (χ0n) is 21.8. The number of para-hydroxylation sites is 3. The van der Waals surface area contributed by atoms with Gasteiger partial charge < -0.3 is 8.83 Å². The van der Waals surface area contributed by atoms with E-state index in [1.807, 2.05) is 72.8 Å². The Labute approximate surface area is 233 Å². The van der Waals surface area contributed by atoms with Crippen molar-refractivity contribution in [1.29, 1.82) is 0 Å². The van der Waals surface area contributed by atoms with Crippen LogP contribution in [0.15, 0.2) is 136 Å². The van der Waals surface area contributed by atoms with Crippen molar-refractivity contribution in [2.45, 2.75) is 0 Å². The second-order valence-corrected chi connectivity index (χ2v) is 10.3. The molecule has 0 bridgehead atoms. The molecule has 0 amide bonds. The molecule has 6 aromatic carbocycles. The summed E-state index contributed by atoms with van der Waals surface area (Å²) in [6.07, 6.45) is 0. The highest BCUT2D eigenvalue weighted by molar-refractivity contribution is 6.16. The van der Waals surface area contributed by atoms with Gasteiger partial charge in [-0.25, -0.2) is 0 Å². The standard InChI is InChI=1S/C36H21N3O2/c1-2-10-23(11-3-1)39-37-29-21-22(24-14-8-18-32-34(24)26-12-4-6-16-30(26)40-32)20-28(36(29)38-39)25-15-9-19-33-35(25)27-13-5-7-17-31(27)41-33/h1-21H. The Morgan fingerprint density at radius 3 is 1.76 bits per heavy atom. The Balaban J connectivity index is 1.40. The summed E-state index contributed by atoms with van der Waals surface area (Å²) in [5.74, 6) is 0. The van der Waals surface area contributed by atoms with E-state index in [1.54, 1.807) is 4.80 Å². The van der Waals surface area contributed by atoms with Gasteiger partial charge >= 0.3 is 0 Å². The van der Waals surface area contributed by atoms with Gasteiger partial charge in [-0.3, -0.25) is 0 Å². The van der Waals surface area contributed by atoms with E-state index in [9.17, 15) is 0 Å². The molecule has 0 N–H and O–H groups in total. The second-order valence-electron chi connectivity index (χ2n) is 10.3. The van der Waals surface area contributed by atoms with Crippen molar-refractivity contribution < 1.29 is 8.83 Å². The quantitative estimate of drug-likeness (QED) is 0.230. The van der Waals surface area contributed by atoms with Crippen molar-refractivity contribution in [1.82, 2.24) is 15.0 Å². The zero-order valence-corrected chi connectivity index (χ0v) is 21.8. The smallest absolute Gasteiger partial charge is 0.136 e. The van der Waals surface area contributed by atoms with Gasteiger partial charge in [0.2, 0.25) is 0 Å². The van der Waals surface area contributed by atoms with Crippen LogP contribution >= 0.6 is 0 Å². The van der Waals surface area contributed by atoms with Gasteiger partial charge in [0.15, 0.2) is 0 Å². The molecule has 0 atom stereocenters. The summed E-state index contributed by atoms with van der Waals surface area (Å²) in [5.41, 5.74) is 10.2. The number of rotatable bonds is 3. The van der Waals surface area contributed by atoms with Crippen molar-refractivity contribution in [3.05, 3.63) is 127 Å². The van der Waals surface area contributed by atoms with E-state index in [4.69, 9.17) is 19.0 Å². The predicted octanol–water partition coefficient (Wildman–Crippen LogP) is 9.55. The highest BCUT2D eigenvalue weighted by atomic mass is 16.3. The Hall–Kier alpha value is -5.68. The van der Waals surface area contributed by atoms with Crippen molar-refractivity contribution in [2.75, 3.05) is 0 Å². The fourth-order valence-corrected chi connectivity index (χ4v) is 6.07. The minimum Gasteiger partial charge on any atom is -0.456 e. The van der Waals surface area contributed by atoms with Crippen molar-refractivity contribution in [3.8, 4) is 27.9 Å². The molecule has 9 rings (SSSR count). The largest absolute Gasteiger partial charge is 0.456 e. The first-order valence-electron chi connectivity index (χ1n) is 13.6. The van der Waals surface area contributed by atoms with Crippen molar-refractivity contribution in [2.24, 2.45) is 0 Å². The first-order chi connectivity index (χ1) is 20.3. The second kappa shape index (κ2) is 8.41. The summed E-state index contributed by atoms with van der Waals surface area (Å²) in [7, 11) is 0. The number of hydrogen-bond acceptors (Lipinski definition) is 4. The Morgan fingerprint density at radius 1 is 0.463 bits per heavy atom. The number of furan rings is 2. The van der Waals surface area contributed by atoms with Crippen molar-refractivity contribution >= 4 is 54.9 Å². The van der Waals surface area contributed by atoms with Crippen LogP contribution in [0.3, 0.4) is 0 Å². The topological polar surface area (TPSA) is 57.0 Å². The summed E-state index contributed by atoms with van der Waals surface area (Å²) in [5, 5.41) is 14.3. The normalized spacial score (nSPS) is 11.9. The third-order valence-electron chi connectivity index (χ3n) is 7.88. The molecular weight excluding hydrogens is 506 g/mol. The molecule has 0 aliphatic heterocycles. The van der Waals surface area contributed by atoms with Crippen LogP contribution in [-0.4, -0.2) is 15.0 Å². The summed E-state index contributed by atoms with van der Waals surface area (Å²) in [6.45, 7) is 0. The van der Waals surface area contributed by atoms with Crippen LogP contribution in [0.2, 0.25) is 0 Å². The van der Waals surface area contributed by atoms with Crippen molar-refractivity contribution in [3.63, 3.8) is 0 Å². The van der Waals surface area contributed by atoms with E-state index in [0.29, 0.717) is 0 Å². The number of fused-ring (bicyclic) bond motifs is 7. The van der Waals surface area contributed by atoms with Gasteiger partial charge in [0.25, 0.3) is 0 Å². The summed E-state index contributed by atoms with van der Waals surface area (Å²) in [6, 6.07) is 43.2. The highest BCUT2D eigenvalue weighted by Gasteiger charge is 2.20. The molecule has 0 aliphatic carbocycles. The molecule has 9 aromatic rings. The summed E-state index contributed by atoms with van der Waals surface area (Å²) < 4.78 is 12.5. The van der Waals surface area contributed by atoms with Gasteiger partial charge in [0, 0.05) is 27.1 Å². The lowest BCUT2D eigenvalue weighted by Gasteiger charge is -2.09. The van der Waals surface area contributed by atoms with Crippen LogP contribution in [0.25, 0.3) is 82.9 Å². The molecular formula is C36H21N3O2. The molecule has 0 unspecified atom stereocenters. The number of hydrogen-bond donors (Lipinski definition) is 0. The average molecular weight is 528 g/mol. The maximum absolute atomic E-state index is 6.26. The van der Waals surface area contributed by atoms with E-state index in [-0.39, 0.29) is 0 Å². The molecule has 0 aliphatic rings. The molecule has 5 heteroatoms. The van der Waals surface area contributed by atoms with Gasteiger partial charge in [-0.2, -0.15) is 4.80 Å². The molecule has 0 radical (unpaired) electrons. The number of aromatic nitrogens is 3. The van der Waals surface area contributed by atoms with Crippen LogP contribution in [0.1, 0.15) is 0 Å². The lowest BCUT2D eigenvalue weighted by Crippen LogP contribution is -1.97. The maximum atomic E-state index is 6.26. The predicted molar refractivity (Wildman–Crippen MR) is 164 cm³/mol. The number of benzene rings is 6. The van der Waals surface area contributed by atoms with Crippen LogP contribution in [0, 0.1) is 0 Å².